The Morgan fingerprint density at radius 3 is 2.27 bits per heavy atom. The number of unbranched alkanes of at least 4 members (excludes halogenated alkanes) is 2. The number of ether oxygens (including phenoxy) is 2. The molecule has 0 aliphatic carbocycles. The van der Waals surface area contributed by atoms with Crippen molar-refractivity contribution in [1.82, 2.24) is 0 Å². The van der Waals surface area contributed by atoms with Crippen LogP contribution in [0.15, 0.2) is 12.7 Å². The molecule has 154 valence electrons. The van der Waals surface area contributed by atoms with Gasteiger partial charge < -0.3 is 24.1 Å². The van der Waals surface area contributed by atoms with Crippen LogP contribution in [0.4, 0.5) is 0 Å². The summed E-state index contributed by atoms with van der Waals surface area (Å²) < 4.78 is 24.2. The van der Waals surface area contributed by atoms with E-state index in [-0.39, 0.29) is 11.3 Å². The molecule has 2 N–H and O–H groups in total. The van der Waals surface area contributed by atoms with Gasteiger partial charge in [-0.05, 0) is 37.8 Å². The van der Waals surface area contributed by atoms with Gasteiger partial charge in [0.2, 0.25) is 5.91 Å². The largest absolute Gasteiger partial charge is 0.396 e. The topological polar surface area (TPSA) is 80.0 Å². The third kappa shape index (κ3) is 6.46. The quantitative estimate of drug-likeness (QED) is 0.332. The van der Waals surface area contributed by atoms with Gasteiger partial charge in [-0.1, -0.05) is 39.7 Å². The smallest absolute Gasteiger partial charge is 0.373 e. The summed E-state index contributed by atoms with van der Waals surface area (Å²) in [6.07, 6.45) is 8.83. The lowest BCUT2D eigenvalue weighted by Crippen LogP contribution is -2.71. The first-order valence-electron chi connectivity index (χ1n) is 9.62. The molecule has 1 amide bonds. The summed E-state index contributed by atoms with van der Waals surface area (Å²) >= 11 is 0. The van der Waals surface area contributed by atoms with E-state index in [9.17, 15) is 4.79 Å². The Labute approximate surface area is 160 Å². The number of rotatable bonds is 11. The van der Waals surface area contributed by atoms with Gasteiger partial charge in [0.1, 0.15) is 5.22 Å². The minimum absolute atomic E-state index is 0.0969. The maximum atomic E-state index is 9.47. The Kier molecular flexibility index (Phi) is 13.1. The Hall–Kier alpha value is -0.733. The van der Waals surface area contributed by atoms with Gasteiger partial charge in [-0.3, -0.25) is 4.79 Å². The molecule has 2 atom stereocenters. The number of primary amides is 1. The fourth-order valence-electron chi connectivity index (χ4n) is 3.75. The monoisotopic (exact) mass is 389 g/mol. The van der Waals surface area contributed by atoms with Crippen LogP contribution in [0, 0.1) is 0 Å². The predicted octanol–water partition coefficient (Wildman–Crippen LogP) is 3.47. The normalized spacial score (nSPS) is 24.4. The third-order valence-electron chi connectivity index (χ3n) is 5.05. The highest BCUT2D eigenvalue weighted by molar-refractivity contribution is 6.71. The van der Waals surface area contributed by atoms with Crippen molar-refractivity contribution < 1.29 is 23.1 Å². The van der Waals surface area contributed by atoms with Gasteiger partial charge in [-0.25, -0.2) is 0 Å². The van der Waals surface area contributed by atoms with Crippen LogP contribution in [-0.4, -0.2) is 53.7 Å². The van der Waals surface area contributed by atoms with Gasteiger partial charge in [-0.15, -0.1) is 0 Å². The van der Waals surface area contributed by atoms with Crippen LogP contribution in [-0.2, 0) is 23.1 Å². The second kappa shape index (κ2) is 13.4. The minimum atomic E-state index is -2.41. The lowest BCUT2D eigenvalue weighted by atomic mass is 10.0. The number of methoxy groups -OCH3 is 1. The first kappa shape index (κ1) is 25.3. The minimum Gasteiger partial charge on any atom is -0.396 e. The van der Waals surface area contributed by atoms with E-state index in [1.807, 2.05) is 0 Å². The zero-order chi connectivity index (χ0) is 20.1. The van der Waals surface area contributed by atoms with Crippen molar-refractivity contribution in [3.63, 3.8) is 0 Å². The van der Waals surface area contributed by atoms with E-state index in [2.05, 4.69) is 26.2 Å². The fourth-order valence-corrected chi connectivity index (χ4v) is 7.77. The lowest BCUT2D eigenvalue weighted by molar-refractivity contribution is -0.123. The molecule has 0 aromatic rings. The summed E-state index contributed by atoms with van der Waals surface area (Å²) in [5.41, 5.74) is 4.53. The van der Waals surface area contributed by atoms with Crippen LogP contribution in [0.3, 0.4) is 0 Å². The Morgan fingerprint density at radius 1 is 1.23 bits per heavy atom. The summed E-state index contributed by atoms with van der Waals surface area (Å²) in [6, 6.07) is 0.989. The van der Waals surface area contributed by atoms with E-state index in [4.69, 9.17) is 18.3 Å². The molecule has 1 fully saturated rings. The van der Waals surface area contributed by atoms with Crippen LogP contribution >= 0.6 is 0 Å². The molecule has 0 aromatic carbocycles. The van der Waals surface area contributed by atoms with Crippen molar-refractivity contribution in [1.29, 1.82) is 0 Å². The van der Waals surface area contributed by atoms with Gasteiger partial charge in [0.15, 0.2) is 0 Å². The standard InChI is InChI=1S/C16H34O4Si.C3H5NO/c1-6-8-9-13-20-15-11-10-14-21(18-4,19-5)16(15,17-3)12-7-2;1-2-3(4)5/h15H,6-14H2,1-5H3;2H,1H2,(H2,4,5). The second-order valence-electron chi connectivity index (χ2n) is 6.57. The number of hydrogen-bond acceptors (Lipinski definition) is 5. The van der Waals surface area contributed by atoms with Crippen molar-refractivity contribution in [2.75, 3.05) is 27.9 Å². The molecule has 0 bridgehead atoms. The summed E-state index contributed by atoms with van der Waals surface area (Å²) in [4.78, 5) is 9.47. The molecule has 0 aromatic heterocycles. The van der Waals surface area contributed by atoms with E-state index in [1.165, 1.54) is 12.8 Å². The summed E-state index contributed by atoms with van der Waals surface area (Å²) in [7, 11) is 2.94. The molecule has 1 heterocycles. The zero-order valence-corrected chi connectivity index (χ0v) is 18.3. The van der Waals surface area contributed by atoms with Crippen LogP contribution in [0.25, 0.3) is 0 Å². The molecule has 0 radical (unpaired) electrons. The second-order valence-corrected chi connectivity index (χ2v) is 10.2. The first-order chi connectivity index (χ1) is 12.4. The zero-order valence-electron chi connectivity index (χ0n) is 17.3. The van der Waals surface area contributed by atoms with E-state index in [0.717, 1.165) is 50.8 Å². The van der Waals surface area contributed by atoms with Crippen LogP contribution in [0.5, 0.6) is 0 Å². The molecular formula is C19H39NO5Si. The number of hydrogen-bond donors (Lipinski definition) is 1. The number of carbonyl (C=O) groups is 1. The number of carbonyl (C=O) groups excluding carboxylic acids is 1. The molecule has 2 unspecified atom stereocenters. The molecule has 26 heavy (non-hydrogen) atoms. The molecular weight excluding hydrogens is 350 g/mol. The first-order valence-corrected chi connectivity index (χ1v) is 11.6. The molecule has 6 nitrogen and oxygen atoms in total. The molecule has 1 saturated heterocycles. The van der Waals surface area contributed by atoms with Crippen molar-refractivity contribution in [2.45, 2.75) is 76.2 Å². The molecule has 1 aliphatic rings. The Balaban J connectivity index is 0.00000110. The van der Waals surface area contributed by atoms with E-state index < -0.39 is 14.5 Å². The maximum Gasteiger partial charge on any atom is 0.373 e. The average molecular weight is 390 g/mol. The summed E-state index contributed by atoms with van der Waals surface area (Å²) in [5, 5.41) is -0.379. The van der Waals surface area contributed by atoms with Crippen molar-refractivity contribution in [3.05, 3.63) is 12.7 Å². The highest BCUT2D eigenvalue weighted by Gasteiger charge is 2.63. The highest BCUT2D eigenvalue weighted by atomic mass is 28.4. The Bertz CT molecular complexity index is 403. The van der Waals surface area contributed by atoms with Crippen molar-refractivity contribution in [3.8, 4) is 0 Å². The van der Waals surface area contributed by atoms with Gasteiger partial charge >= 0.3 is 8.56 Å². The van der Waals surface area contributed by atoms with E-state index in [0.29, 0.717) is 0 Å². The van der Waals surface area contributed by atoms with Crippen LogP contribution in [0.2, 0.25) is 6.04 Å². The van der Waals surface area contributed by atoms with Crippen LogP contribution in [0.1, 0.15) is 58.8 Å². The Morgan fingerprint density at radius 2 is 1.85 bits per heavy atom. The summed E-state index contributed by atoms with van der Waals surface area (Å²) in [5.74, 6) is -0.481. The average Bonchev–Trinajstić information content (AvgIpc) is 2.66. The highest BCUT2D eigenvalue weighted by Crippen LogP contribution is 2.44. The molecule has 1 rings (SSSR count). The molecule has 7 heteroatoms. The molecule has 0 spiro atoms. The van der Waals surface area contributed by atoms with Gasteiger partial charge in [-0.2, -0.15) is 0 Å². The SMILES string of the molecule is C=CC(N)=O.CCCCCOC1CCC[Si](OC)(OC)C1(CCC)OC. The fraction of sp³-hybridized carbons (Fsp3) is 0.842. The van der Waals surface area contributed by atoms with E-state index in [1.54, 1.807) is 21.3 Å². The van der Waals surface area contributed by atoms with E-state index >= 15 is 0 Å². The summed E-state index contributed by atoms with van der Waals surface area (Å²) in [6.45, 7) is 8.30. The van der Waals surface area contributed by atoms with Crippen molar-refractivity contribution in [2.24, 2.45) is 5.73 Å². The van der Waals surface area contributed by atoms with Gasteiger partial charge in [0.25, 0.3) is 0 Å². The van der Waals surface area contributed by atoms with Gasteiger partial charge in [0.05, 0.1) is 6.10 Å². The van der Waals surface area contributed by atoms with Crippen molar-refractivity contribution >= 4 is 14.5 Å². The number of nitrogens with two attached hydrogens (primary N) is 1. The third-order valence-corrected chi connectivity index (χ3v) is 9.45. The maximum absolute atomic E-state index is 9.47. The van der Waals surface area contributed by atoms with Gasteiger partial charge in [0, 0.05) is 27.9 Å². The van der Waals surface area contributed by atoms with Crippen LogP contribution < -0.4 is 5.73 Å². The molecule has 1 aliphatic heterocycles. The number of amides is 1. The lowest BCUT2D eigenvalue weighted by Gasteiger charge is -2.51. The predicted molar refractivity (Wildman–Crippen MR) is 107 cm³/mol. The molecule has 0 saturated carbocycles.